The predicted molar refractivity (Wildman–Crippen MR) is 325 cm³/mol. The molecule has 474 valence electrons. The summed E-state index contributed by atoms with van der Waals surface area (Å²) in [7, 11) is 7.09. The molecule has 2 unspecified atom stereocenters. The second-order valence-electron chi connectivity index (χ2n) is 26.6. The largest absolute Gasteiger partial charge is 0.490 e. The number of carbonyl (C=O) groups is 2. The Kier molecular flexibility index (Phi) is 25.1. The first-order valence-electron chi connectivity index (χ1n) is 29.6. The number of amides is 2. The van der Waals surface area contributed by atoms with Crippen LogP contribution < -0.4 is 0 Å². The van der Waals surface area contributed by atoms with Crippen LogP contribution in [0.15, 0.2) is 22.1 Å². The smallest absolute Gasteiger partial charge is 0.444 e. The molecule has 2 aromatic rings. The molecular formula is C61H104BBrF4N8O8. The fourth-order valence-electron chi connectivity index (χ4n) is 10.6. The van der Waals surface area contributed by atoms with Gasteiger partial charge in [-0.1, -0.05) is 33.4 Å². The molecule has 1 saturated heterocycles. The van der Waals surface area contributed by atoms with Crippen LogP contribution in [0.4, 0.5) is 27.2 Å². The molecule has 3 aliphatic heterocycles. The molecule has 0 saturated carbocycles. The number of hydrogen-bond acceptors (Lipinski definition) is 12. The molecular weight excluding hydrogens is 1140 g/mol. The van der Waals surface area contributed by atoms with Crippen LogP contribution in [-0.2, 0) is 67.3 Å². The zero-order valence-electron chi connectivity index (χ0n) is 53.0. The minimum atomic E-state index is -2.75. The van der Waals surface area contributed by atoms with Gasteiger partial charge in [-0.3, -0.25) is 19.2 Å². The lowest BCUT2D eigenvalue weighted by Gasteiger charge is -2.35. The number of carbonyl (C=O) groups excluding carboxylic acids is 2. The third-order valence-corrected chi connectivity index (χ3v) is 17.7. The fraction of sp³-hybridized carbons (Fsp3) is 0.803. The number of rotatable bonds is 20. The highest BCUT2D eigenvalue weighted by Crippen LogP contribution is 2.46. The molecule has 22 heteroatoms. The molecule has 0 aromatic carbocycles. The molecule has 0 radical (unpaired) electrons. The quantitative estimate of drug-likeness (QED) is 0.0921. The van der Waals surface area contributed by atoms with Gasteiger partial charge in [0.2, 0.25) is 0 Å². The SMILES string of the molecule is C.CCOCC1(CC)CC=C(B2OC(C)(C)C(C)(C)O2)CC1.CCOCC1(CC)CC=C(c2c(CN(C)CCN(C)C(=O)OC(C)(C)C)nn3c2CC(F)(F)C3)CC1.CN(CCN(C)C(=O)OC(C)(C)C)Cc1nn2c(c1Br)CC(F)(F)C2. The Hall–Kier alpha value is -3.54. The van der Waals surface area contributed by atoms with E-state index >= 15 is 0 Å². The van der Waals surface area contributed by atoms with E-state index in [-0.39, 0.29) is 69.3 Å². The molecule has 2 aromatic heterocycles. The average Bonchev–Trinajstić information content (AvgIpc) is 4.20. The Morgan fingerprint density at radius 2 is 1.08 bits per heavy atom. The van der Waals surface area contributed by atoms with Crippen molar-refractivity contribution in [3.8, 4) is 0 Å². The molecule has 1 fully saturated rings. The molecule has 5 heterocycles. The Bertz CT molecular complexity index is 2510. The van der Waals surface area contributed by atoms with Crippen LogP contribution in [0.25, 0.3) is 5.57 Å². The standard InChI is InChI=1S/C27H44F2N4O3.C17H31BO3.C16H25BrF2N4O2.CH4/c1-8-26(19-35-9-2)12-10-20(11-13-26)23-21(30-33-18-27(28,29)16-22(23)33)17-31(6)14-15-32(7)24(34)36-25(3,4)5;1-7-17(13-19-8-2)11-9-14(10-12-17)18-20-15(3,4)16(5,6)21-18;1-15(2,3)25-14(24)22(5)7-6-21(4)9-11-13(17)12-8-16(18,19)10-23(12)20-11;/h10H,8-9,11-19H2,1-7H3;9H,7-8,10-13H2,1-6H3;6-10H2,1-5H3;1H4. The van der Waals surface area contributed by atoms with Crippen LogP contribution in [0.5, 0.6) is 0 Å². The first-order valence-corrected chi connectivity index (χ1v) is 30.4. The van der Waals surface area contributed by atoms with Gasteiger partial charge in [-0.25, -0.2) is 27.2 Å². The predicted octanol–water partition coefficient (Wildman–Crippen LogP) is 13.3. The Morgan fingerprint density at radius 1 is 0.663 bits per heavy atom. The van der Waals surface area contributed by atoms with Crippen LogP contribution in [0.2, 0.25) is 0 Å². The normalized spacial score (nSPS) is 22.1. The van der Waals surface area contributed by atoms with Gasteiger partial charge < -0.3 is 38.1 Å². The van der Waals surface area contributed by atoms with E-state index in [1.54, 1.807) is 19.0 Å². The van der Waals surface area contributed by atoms with Gasteiger partial charge >= 0.3 is 19.3 Å². The van der Waals surface area contributed by atoms with Crippen LogP contribution in [-0.4, -0.2) is 174 Å². The number of likely N-dealkylation sites (N-methyl/N-ethyl adjacent to an activating group) is 4. The number of fused-ring (bicyclic) bond motifs is 2. The van der Waals surface area contributed by atoms with Crippen molar-refractivity contribution in [2.75, 3.05) is 80.8 Å². The van der Waals surface area contributed by atoms with Gasteiger partial charge in [-0.05, 0) is 186 Å². The van der Waals surface area contributed by atoms with E-state index in [1.165, 1.54) is 32.6 Å². The third-order valence-electron chi connectivity index (χ3n) is 16.7. The number of halogens is 5. The number of nitrogens with zero attached hydrogens (tertiary/aromatic N) is 8. The lowest BCUT2D eigenvalue weighted by atomic mass is 9.65. The molecule has 83 heavy (non-hydrogen) atoms. The van der Waals surface area contributed by atoms with E-state index < -0.39 is 23.0 Å². The van der Waals surface area contributed by atoms with Crippen molar-refractivity contribution in [3.05, 3.63) is 50.4 Å². The highest BCUT2D eigenvalue weighted by atomic mass is 79.9. The van der Waals surface area contributed by atoms with Gasteiger partial charge in [0.15, 0.2) is 0 Å². The Labute approximate surface area is 504 Å². The molecule has 0 bridgehead atoms. The zero-order valence-corrected chi connectivity index (χ0v) is 54.6. The summed E-state index contributed by atoms with van der Waals surface area (Å²) in [4.78, 5) is 31.3. The number of allylic oxidation sites excluding steroid dienone is 4. The molecule has 0 spiro atoms. The van der Waals surface area contributed by atoms with Gasteiger partial charge in [-0.15, -0.1) is 0 Å². The van der Waals surface area contributed by atoms with E-state index in [0.717, 1.165) is 80.9 Å². The fourth-order valence-corrected chi connectivity index (χ4v) is 11.1. The van der Waals surface area contributed by atoms with Crippen LogP contribution in [0.3, 0.4) is 0 Å². The number of hydrogen-bond donors (Lipinski definition) is 0. The van der Waals surface area contributed by atoms with Crippen molar-refractivity contribution in [1.29, 1.82) is 0 Å². The first kappa shape index (κ1) is 71.9. The van der Waals surface area contributed by atoms with Gasteiger partial charge in [0.25, 0.3) is 11.8 Å². The lowest BCUT2D eigenvalue weighted by Crippen LogP contribution is -2.41. The lowest BCUT2D eigenvalue weighted by molar-refractivity contribution is 0.00000929. The minimum absolute atomic E-state index is 0. The second-order valence-corrected chi connectivity index (χ2v) is 27.4. The molecule has 5 aliphatic rings. The van der Waals surface area contributed by atoms with E-state index in [2.05, 4.69) is 91.6 Å². The summed E-state index contributed by atoms with van der Waals surface area (Å²) in [6.07, 6.45) is 11.5. The van der Waals surface area contributed by atoms with Crippen LogP contribution in [0, 0.1) is 10.8 Å². The molecule has 2 amide bonds. The summed E-state index contributed by atoms with van der Waals surface area (Å²) in [5.74, 6) is -5.47. The van der Waals surface area contributed by atoms with Crippen molar-refractivity contribution < 1.29 is 55.4 Å². The number of alkyl halides is 4. The average molecular weight is 1240 g/mol. The van der Waals surface area contributed by atoms with Crippen molar-refractivity contribution >= 4 is 40.8 Å². The van der Waals surface area contributed by atoms with E-state index in [4.69, 9.17) is 28.3 Å². The highest BCUT2D eigenvalue weighted by molar-refractivity contribution is 9.10. The summed E-state index contributed by atoms with van der Waals surface area (Å²) in [6, 6.07) is 0. The summed E-state index contributed by atoms with van der Waals surface area (Å²) in [5, 5.41) is 8.92. The highest BCUT2D eigenvalue weighted by Gasteiger charge is 2.53. The molecule has 2 aliphatic carbocycles. The summed E-state index contributed by atoms with van der Waals surface area (Å²) in [6.45, 7) is 33.6. The Morgan fingerprint density at radius 3 is 1.48 bits per heavy atom. The van der Waals surface area contributed by atoms with Crippen molar-refractivity contribution in [2.24, 2.45) is 10.8 Å². The maximum Gasteiger partial charge on any atom is 0.490 e. The zero-order chi connectivity index (χ0) is 61.4. The van der Waals surface area contributed by atoms with E-state index in [0.29, 0.717) is 67.2 Å². The maximum atomic E-state index is 14.3. The Balaban J connectivity index is 0.000000277. The number of aromatic nitrogens is 4. The minimum Gasteiger partial charge on any atom is -0.444 e. The topological polar surface area (TPSA) is 138 Å². The van der Waals surface area contributed by atoms with E-state index in [1.807, 2.05) is 67.5 Å². The maximum absolute atomic E-state index is 14.3. The van der Waals surface area contributed by atoms with Gasteiger partial charge in [0.05, 0.1) is 64.5 Å². The second kappa shape index (κ2) is 29.0. The van der Waals surface area contributed by atoms with E-state index in [9.17, 15) is 27.2 Å². The van der Waals surface area contributed by atoms with Crippen LogP contribution in [0.1, 0.15) is 184 Å². The van der Waals surface area contributed by atoms with Crippen molar-refractivity contribution in [3.63, 3.8) is 0 Å². The summed E-state index contributed by atoms with van der Waals surface area (Å²) >= 11 is 3.39. The summed E-state index contributed by atoms with van der Waals surface area (Å²) < 4.78 is 93.4. The van der Waals surface area contributed by atoms with Crippen LogP contribution >= 0.6 is 15.9 Å². The molecule has 16 nitrogen and oxygen atoms in total. The third kappa shape index (κ3) is 20.0. The molecule has 7 rings (SSSR count). The number of ether oxygens (including phenoxy) is 4. The van der Waals surface area contributed by atoms with Crippen molar-refractivity contribution in [1.82, 2.24) is 39.2 Å². The first-order chi connectivity index (χ1) is 37.9. The van der Waals surface area contributed by atoms with Gasteiger partial charge in [0.1, 0.15) is 24.3 Å². The summed E-state index contributed by atoms with van der Waals surface area (Å²) in [5.41, 5.74) is 4.96. The van der Waals surface area contributed by atoms with Gasteiger partial charge in [-0.2, -0.15) is 10.2 Å². The monoisotopic (exact) mass is 1240 g/mol. The molecule has 2 atom stereocenters. The molecule has 0 N–H and O–H groups in total. The van der Waals surface area contributed by atoms with Crippen molar-refractivity contribution in [2.45, 2.75) is 229 Å². The van der Waals surface area contributed by atoms with Gasteiger partial charge in [0, 0.05) is 72.1 Å².